The van der Waals surface area contributed by atoms with Crippen LogP contribution in [0.5, 0.6) is 0 Å². The van der Waals surface area contributed by atoms with Crippen LogP contribution in [0.2, 0.25) is 0 Å². The summed E-state index contributed by atoms with van der Waals surface area (Å²) in [7, 11) is 2.82. The van der Waals surface area contributed by atoms with Crippen LogP contribution in [0.25, 0.3) is 0 Å². The number of allylic oxidation sites excluding steroid dienone is 1. The topological polar surface area (TPSA) is 106 Å². The third-order valence-electron chi connectivity index (χ3n) is 5.86. The summed E-state index contributed by atoms with van der Waals surface area (Å²) in [5.74, 6) is -0.784. The average molecular weight is 469 g/mol. The summed E-state index contributed by atoms with van der Waals surface area (Å²) in [6.45, 7) is 0. The number of carbonyl (C=O) groups excluding carboxylic acids is 3. The molecule has 1 aliphatic heterocycles. The molecule has 0 saturated carbocycles. The van der Waals surface area contributed by atoms with Crippen LogP contribution in [0.3, 0.4) is 0 Å². The Morgan fingerprint density at radius 1 is 1.21 bits per heavy atom. The molecule has 0 fully saturated rings. The molecule has 2 heterocycles. The van der Waals surface area contributed by atoms with E-state index in [4.69, 9.17) is 0 Å². The van der Waals surface area contributed by atoms with Crippen molar-refractivity contribution in [3.05, 3.63) is 70.2 Å². The number of anilines is 1. The Hall–Kier alpha value is -4.20. The monoisotopic (exact) mass is 469 g/mol. The number of nitrogens with zero attached hydrogens (tertiary/aromatic N) is 4. The van der Waals surface area contributed by atoms with Crippen LogP contribution in [0.4, 0.5) is 23.7 Å². The maximum atomic E-state index is 13.4. The first kappa shape index (κ1) is 23.0. The van der Waals surface area contributed by atoms with Crippen LogP contribution in [0.15, 0.2) is 47.8 Å². The fraction of sp³-hybridized carbons (Fsp3) is 0.261. The number of benzene rings is 1. The smallest absolute Gasteiger partial charge is 0.355 e. The van der Waals surface area contributed by atoms with Gasteiger partial charge in [-0.1, -0.05) is 6.07 Å². The van der Waals surface area contributed by atoms with Gasteiger partial charge in [0.1, 0.15) is 5.69 Å². The molecule has 11 heteroatoms. The van der Waals surface area contributed by atoms with Crippen molar-refractivity contribution in [2.24, 2.45) is 0 Å². The van der Waals surface area contributed by atoms with E-state index in [1.807, 2.05) is 6.07 Å². The molecule has 0 spiro atoms. The molecular weight excluding hydrogens is 451 g/mol. The van der Waals surface area contributed by atoms with Gasteiger partial charge in [-0.2, -0.15) is 18.4 Å². The molecule has 1 aromatic heterocycles. The van der Waals surface area contributed by atoms with Gasteiger partial charge >= 0.3 is 12.2 Å². The number of amides is 3. The average Bonchev–Trinajstić information content (AvgIpc) is 3.19. The Morgan fingerprint density at radius 2 is 1.94 bits per heavy atom. The van der Waals surface area contributed by atoms with Gasteiger partial charge in [0.25, 0.3) is 5.91 Å². The summed E-state index contributed by atoms with van der Waals surface area (Å²) in [6, 6.07) is 6.74. The van der Waals surface area contributed by atoms with E-state index in [0.29, 0.717) is 5.56 Å². The molecule has 174 valence electrons. The van der Waals surface area contributed by atoms with Crippen molar-refractivity contribution < 1.29 is 27.6 Å². The summed E-state index contributed by atoms with van der Waals surface area (Å²) < 4.78 is 39.7. The summed E-state index contributed by atoms with van der Waals surface area (Å²) >= 11 is 0. The Balaban J connectivity index is 1.92. The van der Waals surface area contributed by atoms with Gasteiger partial charge in [0, 0.05) is 43.5 Å². The normalized spacial score (nSPS) is 18.2. The highest BCUT2D eigenvalue weighted by Gasteiger charge is 2.46. The van der Waals surface area contributed by atoms with Crippen molar-refractivity contribution in [3.8, 4) is 6.07 Å². The third-order valence-corrected chi connectivity index (χ3v) is 5.86. The zero-order chi connectivity index (χ0) is 24.8. The summed E-state index contributed by atoms with van der Waals surface area (Å²) in [4.78, 5) is 44.6. The Kier molecular flexibility index (Phi) is 5.61. The number of carbonyl (C=O) groups is 3. The van der Waals surface area contributed by atoms with Gasteiger partial charge in [-0.15, -0.1) is 0 Å². The Morgan fingerprint density at radius 3 is 2.59 bits per heavy atom. The quantitative estimate of drug-likeness (QED) is 0.740. The van der Waals surface area contributed by atoms with Gasteiger partial charge in [-0.25, -0.2) is 4.79 Å². The van der Waals surface area contributed by atoms with E-state index in [2.05, 4.69) is 10.3 Å². The standard InChI is InChI=1S/C23H18F3N5O3/c1-28-21(33)15-9-12(11-27)3-4-14(15)20-19-16(5-6-17(19)32)31(22(34)30(20)2)13-7-8-29-18(10-13)23(24,25)26/h3-4,7-10,20H,5-6H2,1-2H3,(H,28,33). The van der Waals surface area contributed by atoms with Crippen LogP contribution in [0.1, 0.15) is 46.1 Å². The van der Waals surface area contributed by atoms with Gasteiger partial charge in [0.15, 0.2) is 5.78 Å². The predicted molar refractivity (Wildman–Crippen MR) is 113 cm³/mol. The molecule has 1 atom stereocenters. The molecule has 0 radical (unpaired) electrons. The number of hydrogen-bond acceptors (Lipinski definition) is 5. The number of pyridine rings is 1. The number of halogens is 3. The summed E-state index contributed by atoms with van der Waals surface area (Å²) in [5.41, 5.74) is -0.0462. The van der Waals surface area contributed by atoms with E-state index in [0.717, 1.165) is 17.2 Å². The van der Waals surface area contributed by atoms with E-state index in [-0.39, 0.29) is 46.7 Å². The maximum absolute atomic E-state index is 13.4. The third kappa shape index (κ3) is 3.67. The van der Waals surface area contributed by atoms with E-state index in [9.17, 15) is 32.8 Å². The highest BCUT2D eigenvalue weighted by atomic mass is 19.4. The Labute approximate surface area is 192 Å². The molecule has 1 N–H and O–H groups in total. The minimum Gasteiger partial charge on any atom is -0.355 e. The number of likely N-dealkylation sites (N-methyl/N-ethyl adjacent to an activating group) is 1. The van der Waals surface area contributed by atoms with Crippen LogP contribution in [0, 0.1) is 11.3 Å². The molecular formula is C23H18F3N5O3. The molecule has 1 aromatic carbocycles. The van der Waals surface area contributed by atoms with Crippen molar-refractivity contribution in [2.75, 3.05) is 19.0 Å². The number of nitrogens with one attached hydrogen (secondary N) is 1. The minimum absolute atomic E-state index is 0.0637. The zero-order valence-corrected chi connectivity index (χ0v) is 18.1. The predicted octanol–water partition coefficient (Wildman–Crippen LogP) is 3.56. The molecule has 34 heavy (non-hydrogen) atoms. The number of urea groups is 1. The fourth-order valence-corrected chi connectivity index (χ4v) is 4.32. The van der Waals surface area contributed by atoms with Crippen LogP contribution in [-0.4, -0.2) is 41.7 Å². The van der Waals surface area contributed by atoms with E-state index in [1.165, 1.54) is 43.3 Å². The molecule has 1 aliphatic carbocycles. The maximum Gasteiger partial charge on any atom is 0.433 e. The second-order valence-corrected chi connectivity index (χ2v) is 7.80. The van der Waals surface area contributed by atoms with Crippen LogP contribution < -0.4 is 10.2 Å². The summed E-state index contributed by atoms with van der Waals surface area (Å²) in [6.07, 6.45) is -3.53. The number of rotatable bonds is 3. The lowest BCUT2D eigenvalue weighted by molar-refractivity contribution is -0.141. The van der Waals surface area contributed by atoms with Crippen LogP contribution in [-0.2, 0) is 11.0 Å². The van der Waals surface area contributed by atoms with E-state index in [1.54, 1.807) is 0 Å². The lowest BCUT2D eigenvalue weighted by atomic mass is 9.89. The Bertz CT molecular complexity index is 1300. The molecule has 1 unspecified atom stereocenters. The van der Waals surface area contributed by atoms with Crippen LogP contribution >= 0.6 is 0 Å². The number of ketones is 1. The van der Waals surface area contributed by atoms with Gasteiger partial charge in [-0.05, 0) is 36.2 Å². The van der Waals surface area contributed by atoms with E-state index < -0.39 is 29.9 Å². The molecule has 0 bridgehead atoms. The summed E-state index contributed by atoms with van der Waals surface area (Å²) in [5, 5.41) is 11.7. The molecule has 3 amide bonds. The lowest BCUT2D eigenvalue weighted by Gasteiger charge is -2.40. The number of alkyl halides is 3. The van der Waals surface area contributed by atoms with Crippen molar-refractivity contribution in [2.45, 2.75) is 25.1 Å². The second-order valence-electron chi connectivity index (χ2n) is 7.80. The number of Topliss-reactive ketones (excluding diaryl/α,β-unsaturated/α-hetero) is 1. The number of nitriles is 1. The first-order valence-corrected chi connectivity index (χ1v) is 10.2. The number of hydrogen-bond donors (Lipinski definition) is 1. The molecule has 2 aliphatic rings. The SMILES string of the molecule is CNC(=O)c1cc(C#N)ccc1C1C2=C(CCC2=O)N(c2ccnc(C(F)(F)F)c2)C(=O)N1C. The van der Waals surface area contributed by atoms with Gasteiger partial charge in [0.05, 0.1) is 23.4 Å². The second kappa shape index (κ2) is 8.30. The highest BCUT2D eigenvalue weighted by Crippen LogP contribution is 2.45. The highest BCUT2D eigenvalue weighted by molar-refractivity contribution is 6.08. The van der Waals surface area contributed by atoms with Gasteiger partial charge in [0.2, 0.25) is 0 Å². The van der Waals surface area contributed by atoms with Crippen molar-refractivity contribution in [1.82, 2.24) is 15.2 Å². The fourth-order valence-electron chi connectivity index (χ4n) is 4.32. The molecule has 8 nitrogen and oxygen atoms in total. The first-order valence-electron chi connectivity index (χ1n) is 10.2. The molecule has 0 saturated heterocycles. The van der Waals surface area contributed by atoms with Gasteiger partial charge < -0.3 is 10.2 Å². The van der Waals surface area contributed by atoms with Gasteiger partial charge in [-0.3, -0.25) is 19.5 Å². The molecule has 2 aromatic rings. The molecule has 4 rings (SSSR count). The van der Waals surface area contributed by atoms with E-state index >= 15 is 0 Å². The zero-order valence-electron chi connectivity index (χ0n) is 18.1. The van der Waals surface area contributed by atoms with Crippen molar-refractivity contribution in [3.63, 3.8) is 0 Å². The largest absolute Gasteiger partial charge is 0.433 e. The lowest BCUT2D eigenvalue weighted by Crippen LogP contribution is -2.48. The van der Waals surface area contributed by atoms with Crippen molar-refractivity contribution in [1.29, 1.82) is 5.26 Å². The first-order chi connectivity index (χ1) is 16.1. The van der Waals surface area contributed by atoms with Crippen molar-refractivity contribution >= 4 is 23.4 Å². The number of aromatic nitrogens is 1. The minimum atomic E-state index is -4.71.